The van der Waals surface area contributed by atoms with Gasteiger partial charge >= 0.3 is 0 Å². The lowest BCUT2D eigenvalue weighted by atomic mass is 9.85. The van der Waals surface area contributed by atoms with Gasteiger partial charge in [0.05, 0.1) is 0 Å². The van der Waals surface area contributed by atoms with Crippen LogP contribution in [0.2, 0.25) is 0 Å². The molecule has 0 aromatic heterocycles. The van der Waals surface area contributed by atoms with E-state index in [9.17, 15) is 0 Å². The quantitative estimate of drug-likeness (QED) is 0.658. The van der Waals surface area contributed by atoms with E-state index in [0.717, 1.165) is 12.5 Å². The van der Waals surface area contributed by atoms with Gasteiger partial charge in [0.15, 0.2) is 0 Å². The van der Waals surface area contributed by atoms with Gasteiger partial charge in [-0.3, -0.25) is 0 Å². The van der Waals surface area contributed by atoms with E-state index in [1.165, 1.54) is 18.4 Å². The Balaban J connectivity index is 2.22. The Morgan fingerprint density at radius 2 is 2.21 bits per heavy atom. The molecule has 1 aromatic rings. The van der Waals surface area contributed by atoms with Crippen molar-refractivity contribution in [2.45, 2.75) is 45.2 Å². The zero-order valence-corrected chi connectivity index (χ0v) is 8.93. The molecular weight excluding hydrogens is 170 g/mol. The highest BCUT2D eigenvalue weighted by Crippen LogP contribution is 2.41. The molecule has 1 heterocycles. The smallest absolute Gasteiger partial charge is 0.0213 e. The Hall–Kier alpha value is -0.820. The molecule has 0 bridgehead atoms. The van der Waals surface area contributed by atoms with E-state index >= 15 is 0 Å². The summed E-state index contributed by atoms with van der Waals surface area (Å²) in [5.41, 5.74) is 6.36. The van der Waals surface area contributed by atoms with Gasteiger partial charge in [0.25, 0.3) is 0 Å². The number of rotatable bonds is 0. The third kappa shape index (κ3) is 0.992. The maximum absolute atomic E-state index is 3.61. The van der Waals surface area contributed by atoms with Gasteiger partial charge < -0.3 is 5.32 Å². The second-order valence-corrected chi connectivity index (χ2v) is 4.75. The summed E-state index contributed by atoms with van der Waals surface area (Å²) >= 11 is 0. The zero-order valence-electron chi connectivity index (χ0n) is 8.93. The Labute approximate surface area is 85.5 Å². The first kappa shape index (κ1) is 8.49. The fourth-order valence-corrected chi connectivity index (χ4v) is 3.10. The summed E-state index contributed by atoms with van der Waals surface area (Å²) in [5, 5.41) is 3.61. The third-order valence-corrected chi connectivity index (χ3v) is 3.98. The predicted molar refractivity (Wildman–Crippen MR) is 58.5 cm³/mol. The van der Waals surface area contributed by atoms with Crippen molar-refractivity contribution in [2.24, 2.45) is 0 Å². The van der Waals surface area contributed by atoms with E-state index in [1.54, 1.807) is 16.7 Å². The lowest BCUT2D eigenvalue weighted by molar-refractivity contribution is 0.428. The number of hydrogen-bond acceptors (Lipinski definition) is 1. The van der Waals surface area contributed by atoms with Gasteiger partial charge in [-0.05, 0) is 54.9 Å². The minimum absolute atomic E-state index is 0.672. The Morgan fingerprint density at radius 1 is 1.36 bits per heavy atom. The van der Waals surface area contributed by atoms with E-state index in [2.05, 4.69) is 31.3 Å². The van der Waals surface area contributed by atoms with Crippen molar-refractivity contribution in [3.05, 3.63) is 34.4 Å². The summed E-state index contributed by atoms with van der Waals surface area (Å²) in [4.78, 5) is 0. The van der Waals surface area contributed by atoms with Crippen LogP contribution in [-0.2, 0) is 13.0 Å². The third-order valence-electron chi connectivity index (χ3n) is 3.98. The highest BCUT2D eigenvalue weighted by atomic mass is 14.9. The van der Waals surface area contributed by atoms with Crippen molar-refractivity contribution in [2.75, 3.05) is 0 Å². The van der Waals surface area contributed by atoms with Gasteiger partial charge in [0.2, 0.25) is 0 Å². The van der Waals surface area contributed by atoms with Gasteiger partial charge in [-0.25, -0.2) is 0 Å². The molecular formula is C13H17N. The Kier molecular flexibility index (Phi) is 1.72. The van der Waals surface area contributed by atoms with Crippen LogP contribution in [0.5, 0.6) is 0 Å². The van der Waals surface area contributed by atoms with Gasteiger partial charge in [0.1, 0.15) is 0 Å². The standard InChI is InChI=1S/C13H17N/c1-8-3-4-10-5-6-11-9(2)14-7-12(8)13(10)11/h3-4,9,11,14H,5-7H2,1-2H3. The van der Waals surface area contributed by atoms with Crippen molar-refractivity contribution in [3.63, 3.8) is 0 Å². The van der Waals surface area contributed by atoms with E-state index in [4.69, 9.17) is 0 Å². The first-order valence-corrected chi connectivity index (χ1v) is 5.62. The highest BCUT2D eigenvalue weighted by molar-refractivity contribution is 5.47. The fraction of sp³-hybridized carbons (Fsp3) is 0.538. The van der Waals surface area contributed by atoms with Gasteiger partial charge in [-0.15, -0.1) is 0 Å². The van der Waals surface area contributed by atoms with E-state index < -0.39 is 0 Å². The molecule has 1 heteroatoms. The first-order valence-electron chi connectivity index (χ1n) is 5.62. The largest absolute Gasteiger partial charge is 0.310 e. The second kappa shape index (κ2) is 2.83. The van der Waals surface area contributed by atoms with Gasteiger partial charge in [-0.2, -0.15) is 0 Å². The van der Waals surface area contributed by atoms with Crippen molar-refractivity contribution >= 4 is 0 Å². The van der Waals surface area contributed by atoms with E-state index in [1.807, 2.05) is 0 Å². The Morgan fingerprint density at radius 3 is 3.07 bits per heavy atom. The molecule has 0 saturated heterocycles. The highest BCUT2D eigenvalue weighted by Gasteiger charge is 2.32. The number of nitrogens with one attached hydrogen (secondary N) is 1. The van der Waals surface area contributed by atoms with Crippen molar-refractivity contribution < 1.29 is 0 Å². The minimum Gasteiger partial charge on any atom is -0.310 e. The molecule has 1 aliphatic carbocycles. The SMILES string of the molecule is Cc1ccc2c3c1CNC(C)C3CC2. The summed E-state index contributed by atoms with van der Waals surface area (Å²) in [7, 11) is 0. The van der Waals surface area contributed by atoms with Crippen LogP contribution >= 0.6 is 0 Å². The Bertz CT molecular complexity index is 381. The average molecular weight is 187 g/mol. The van der Waals surface area contributed by atoms with Crippen LogP contribution in [-0.4, -0.2) is 6.04 Å². The van der Waals surface area contributed by atoms with E-state index in [0.29, 0.717) is 6.04 Å². The van der Waals surface area contributed by atoms with Crippen LogP contribution in [0.4, 0.5) is 0 Å². The maximum atomic E-state index is 3.61. The average Bonchev–Trinajstić information content (AvgIpc) is 2.60. The molecule has 0 saturated carbocycles. The summed E-state index contributed by atoms with van der Waals surface area (Å²) in [5.74, 6) is 0.786. The zero-order chi connectivity index (χ0) is 9.71. The number of aryl methyl sites for hydroxylation is 2. The van der Waals surface area contributed by atoms with Gasteiger partial charge in [0, 0.05) is 12.6 Å². The van der Waals surface area contributed by atoms with Crippen LogP contribution < -0.4 is 5.32 Å². The topological polar surface area (TPSA) is 12.0 Å². The molecule has 2 aliphatic rings. The summed E-state index contributed by atoms with van der Waals surface area (Å²) in [6.07, 6.45) is 2.64. The number of hydrogen-bond donors (Lipinski definition) is 1. The molecule has 2 atom stereocenters. The monoisotopic (exact) mass is 187 g/mol. The van der Waals surface area contributed by atoms with Crippen LogP contribution in [0.15, 0.2) is 12.1 Å². The molecule has 0 amide bonds. The second-order valence-electron chi connectivity index (χ2n) is 4.75. The summed E-state index contributed by atoms with van der Waals surface area (Å²) in [6.45, 7) is 5.64. The summed E-state index contributed by atoms with van der Waals surface area (Å²) < 4.78 is 0. The van der Waals surface area contributed by atoms with Gasteiger partial charge in [-0.1, -0.05) is 12.1 Å². The maximum Gasteiger partial charge on any atom is 0.0213 e. The molecule has 14 heavy (non-hydrogen) atoms. The summed E-state index contributed by atoms with van der Waals surface area (Å²) in [6, 6.07) is 5.30. The van der Waals surface area contributed by atoms with Crippen molar-refractivity contribution in [1.29, 1.82) is 0 Å². The molecule has 1 aliphatic heterocycles. The van der Waals surface area contributed by atoms with Crippen molar-refractivity contribution in [1.82, 2.24) is 5.32 Å². The lowest BCUT2D eigenvalue weighted by Crippen LogP contribution is -2.36. The molecule has 1 aromatic carbocycles. The minimum atomic E-state index is 0.672. The molecule has 74 valence electrons. The molecule has 0 radical (unpaired) electrons. The van der Waals surface area contributed by atoms with Crippen LogP contribution in [0, 0.1) is 6.92 Å². The molecule has 3 rings (SSSR count). The fourth-order valence-electron chi connectivity index (χ4n) is 3.10. The number of benzene rings is 1. The van der Waals surface area contributed by atoms with Crippen LogP contribution in [0.3, 0.4) is 0 Å². The lowest BCUT2D eigenvalue weighted by Gasteiger charge is -2.30. The molecule has 0 spiro atoms. The normalized spacial score (nSPS) is 29.0. The molecule has 2 unspecified atom stereocenters. The van der Waals surface area contributed by atoms with Crippen LogP contribution in [0.1, 0.15) is 41.5 Å². The molecule has 1 nitrogen and oxygen atoms in total. The first-order chi connectivity index (χ1) is 6.77. The molecule has 1 N–H and O–H groups in total. The van der Waals surface area contributed by atoms with Crippen molar-refractivity contribution in [3.8, 4) is 0 Å². The molecule has 0 fully saturated rings. The predicted octanol–water partition coefficient (Wildman–Crippen LogP) is 2.52. The van der Waals surface area contributed by atoms with Crippen LogP contribution in [0.25, 0.3) is 0 Å². The van der Waals surface area contributed by atoms with E-state index in [-0.39, 0.29) is 0 Å².